The van der Waals surface area contributed by atoms with Gasteiger partial charge in [-0.15, -0.1) is 0 Å². The number of hydrogen-bond donors (Lipinski definition) is 0. The van der Waals surface area contributed by atoms with Gasteiger partial charge in [-0.1, -0.05) is 146 Å². The SMILES string of the molecule is Cc1ccccc1N(c1ccc2cc3c(cc2c1)oc1c3ccc2c3cc4ccc(N(c5ccccc5C)c5cccc6c7ccccc7n(-c7ccccc7)c56)cc4cc3oc21)c1cccc2c3ccccc3n(-c3ccccc3)c12. The highest BCUT2D eigenvalue weighted by Crippen LogP contribution is 2.48. The van der Waals surface area contributed by atoms with Crippen molar-refractivity contribution in [2.75, 3.05) is 9.80 Å². The first-order valence-electron chi connectivity index (χ1n) is 28.1. The normalized spacial score (nSPS) is 12.0. The molecule has 0 bridgehead atoms. The van der Waals surface area contributed by atoms with Gasteiger partial charge in [0, 0.05) is 77.2 Å². The molecule has 82 heavy (non-hydrogen) atoms. The molecule has 0 fully saturated rings. The van der Waals surface area contributed by atoms with E-state index < -0.39 is 0 Å². The predicted octanol–water partition coefficient (Wildman–Crippen LogP) is 21.5. The van der Waals surface area contributed by atoms with Crippen LogP contribution in [0.1, 0.15) is 11.1 Å². The Balaban J connectivity index is 0.808. The Morgan fingerprint density at radius 2 is 0.671 bits per heavy atom. The molecule has 0 atom stereocenters. The number of para-hydroxylation sites is 8. The van der Waals surface area contributed by atoms with Crippen LogP contribution in [0.25, 0.3) is 120 Å². The highest BCUT2D eigenvalue weighted by molar-refractivity contribution is 6.22. The van der Waals surface area contributed by atoms with E-state index in [1.165, 1.54) is 43.7 Å². The maximum atomic E-state index is 6.98. The molecule has 0 N–H and O–H groups in total. The number of anilines is 6. The van der Waals surface area contributed by atoms with E-state index in [2.05, 4.69) is 300 Å². The number of hydrogen-bond acceptors (Lipinski definition) is 4. The smallest absolute Gasteiger partial charge is 0.178 e. The second-order valence-corrected chi connectivity index (χ2v) is 21.7. The highest BCUT2D eigenvalue weighted by Gasteiger charge is 2.26. The minimum absolute atomic E-state index is 0.749. The van der Waals surface area contributed by atoms with Crippen molar-refractivity contribution in [1.82, 2.24) is 9.13 Å². The lowest BCUT2D eigenvalue weighted by Gasteiger charge is -2.28. The summed E-state index contributed by atoms with van der Waals surface area (Å²) < 4.78 is 18.8. The standard InChI is InChI=1S/C76H50N4O2/c1-47-19-9-13-29-65(47)77(69-33-17-27-59-57-25-11-15-31-67(57)79(73(59)69)53-21-5-3-6-22-53)55-37-35-49-43-63-61-39-40-62-64-44-50-36-38-56(42-52(50)46-72(64)82-76(62)75(61)81-71(63)45-51(49)41-55)78(66-30-14-10-20-48(66)2)70-34-18-28-60-58-26-12-16-32-68(58)80(74(60)70)54-23-7-4-8-24-54/h3-46H,1-2H3. The zero-order valence-electron chi connectivity index (χ0n) is 45.0. The molecule has 0 spiro atoms. The third-order valence-corrected chi connectivity index (χ3v) is 17.0. The van der Waals surface area contributed by atoms with Gasteiger partial charge in [0.2, 0.25) is 0 Å². The number of aryl methyl sites for hydroxylation is 2. The van der Waals surface area contributed by atoms with Crippen molar-refractivity contribution in [1.29, 1.82) is 0 Å². The van der Waals surface area contributed by atoms with Crippen molar-refractivity contribution < 1.29 is 8.83 Å². The van der Waals surface area contributed by atoms with E-state index >= 15 is 0 Å². The summed E-state index contributed by atoms with van der Waals surface area (Å²) in [5.41, 5.74) is 18.9. The average molecular weight is 1050 g/mol. The van der Waals surface area contributed by atoms with E-state index in [0.29, 0.717) is 0 Å². The van der Waals surface area contributed by atoms with Gasteiger partial charge in [-0.05, 0) is 168 Å². The minimum atomic E-state index is 0.749. The van der Waals surface area contributed by atoms with E-state index in [9.17, 15) is 0 Å². The molecule has 6 heteroatoms. The Morgan fingerprint density at radius 1 is 0.280 bits per heavy atom. The Morgan fingerprint density at radius 3 is 1.12 bits per heavy atom. The molecule has 0 aliphatic rings. The zero-order chi connectivity index (χ0) is 54.2. The molecule has 0 aliphatic carbocycles. The molecular weight excluding hydrogens is 1000 g/mol. The van der Waals surface area contributed by atoms with Crippen LogP contribution in [0.4, 0.5) is 34.1 Å². The van der Waals surface area contributed by atoms with E-state index in [1.807, 2.05) is 0 Å². The third-order valence-electron chi connectivity index (χ3n) is 17.0. The van der Waals surface area contributed by atoms with Crippen LogP contribution < -0.4 is 9.80 Å². The van der Waals surface area contributed by atoms with Gasteiger partial charge in [-0.25, -0.2) is 0 Å². The molecule has 0 saturated carbocycles. The summed E-state index contributed by atoms with van der Waals surface area (Å²) in [4.78, 5) is 4.85. The summed E-state index contributed by atoms with van der Waals surface area (Å²) in [6.45, 7) is 4.39. The number of benzene rings is 13. The molecule has 4 aromatic heterocycles. The Kier molecular flexibility index (Phi) is 10.0. The second-order valence-electron chi connectivity index (χ2n) is 21.7. The molecule has 0 radical (unpaired) electrons. The number of aromatic nitrogens is 2. The summed E-state index contributed by atoms with van der Waals surface area (Å²) >= 11 is 0. The first-order valence-corrected chi connectivity index (χ1v) is 28.1. The summed E-state index contributed by atoms with van der Waals surface area (Å²) in [5, 5.41) is 13.4. The lowest BCUT2D eigenvalue weighted by atomic mass is 10.0. The molecule has 0 amide bonds. The van der Waals surface area contributed by atoms with Crippen molar-refractivity contribution in [2.45, 2.75) is 13.8 Å². The number of furan rings is 2. The van der Waals surface area contributed by atoms with Crippen LogP contribution in [0.15, 0.2) is 276 Å². The molecule has 17 rings (SSSR count). The molecule has 0 unspecified atom stereocenters. The fraction of sp³-hybridized carbons (Fsp3) is 0.0263. The van der Waals surface area contributed by atoms with Crippen LogP contribution in [0, 0.1) is 13.8 Å². The molecule has 6 nitrogen and oxygen atoms in total. The lowest BCUT2D eigenvalue weighted by molar-refractivity contribution is 0.634. The molecule has 13 aromatic carbocycles. The Bertz CT molecular complexity index is 5110. The second kappa shape index (κ2) is 17.8. The number of rotatable bonds is 8. The monoisotopic (exact) mass is 1050 g/mol. The number of fused-ring (bicyclic) bond motifs is 15. The fourth-order valence-electron chi connectivity index (χ4n) is 13.3. The van der Waals surface area contributed by atoms with Gasteiger partial charge in [0.1, 0.15) is 11.2 Å². The Hall–Kier alpha value is -10.8. The zero-order valence-corrected chi connectivity index (χ0v) is 45.0. The van der Waals surface area contributed by atoms with Crippen LogP contribution in [0.5, 0.6) is 0 Å². The van der Waals surface area contributed by atoms with E-state index in [4.69, 9.17) is 8.83 Å². The van der Waals surface area contributed by atoms with Gasteiger partial charge in [0.05, 0.1) is 33.4 Å². The molecule has 0 saturated heterocycles. The Labute approximate surface area is 471 Å². The molecule has 0 aliphatic heterocycles. The van der Waals surface area contributed by atoms with Crippen molar-refractivity contribution in [2.24, 2.45) is 0 Å². The summed E-state index contributed by atoms with van der Waals surface area (Å²) in [6, 6.07) is 96.6. The maximum absolute atomic E-state index is 6.98. The third kappa shape index (κ3) is 6.88. The van der Waals surface area contributed by atoms with E-state index in [-0.39, 0.29) is 0 Å². The largest absolute Gasteiger partial charge is 0.452 e. The average Bonchev–Trinajstić information content (AvgIpc) is 3.87. The van der Waals surface area contributed by atoms with Crippen LogP contribution in [0.2, 0.25) is 0 Å². The summed E-state index contributed by atoms with van der Waals surface area (Å²) in [6.07, 6.45) is 0. The lowest BCUT2D eigenvalue weighted by Crippen LogP contribution is -2.13. The van der Waals surface area contributed by atoms with E-state index in [0.717, 1.165) is 122 Å². The minimum Gasteiger partial charge on any atom is -0.452 e. The van der Waals surface area contributed by atoms with Crippen LogP contribution in [-0.4, -0.2) is 9.13 Å². The summed E-state index contributed by atoms with van der Waals surface area (Å²) in [5.74, 6) is 0. The molecule has 4 heterocycles. The van der Waals surface area contributed by atoms with Crippen LogP contribution in [-0.2, 0) is 0 Å². The first kappa shape index (κ1) is 46.1. The highest BCUT2D eigenvalue weighted by atomic mass is 16.4. The fourth-order valence-corrected chi connectivity index (χ4v) is 13.3. The number of nitrogens with zero attached hydrogens (tertiary/aromatic N) is 4. The van der Waals surface area contributed by atoms with E-state index in [1.54, 1.807) is 0 Å². The van der Waals surface area contributed by atoms with Crippen molar-refractivity contribution >= 4 is 143 Å². The quantitative estimate of drug-likeness (QED) is 0.152. The van der Waals surface area contributed by atoms with Gasteiger partial charge >= 0.3 is 0 Å². The van der Waals surface area contributed by atoms with Gasteiger partial charge in [0.25, 0.3) is 0 Å². The maximum Gasteiger partial charge on any atom is 0.178 e. The molecular formula is C76H50N4O2. The van der Waals surface area contributed by atoms with Crippen LogP contribution >= 0.6 is 0 Å². The molecule has 386 valence electrons. The van der Waals surface area contributed by atoms with Crippen molar-refractivity contribution in [3.8, 4) is 11.4 Å². The first-order chi connectivity index (χ1) is 40.5. The van der Waals surface area contributed by atoms with Gasteiger partial charge in [-0.2, -0.15) is 0 Å². The predicted molar refractivity (Wildman–Crippen MR) is 344 cm³/mol. The topological polar surface area (TPSA) is 42.6 Å². The van der Waals surface area contributed by atoms with Gasteiger partial charge < -0.3 is 27.8 Å². The van der Waals surface area contributed by atoms with Gasteiger partial charge in [0.15, 0.2) is 11.2 Å². The summed E-state index contributed by atoms with van der Waals surface area (Å²) in [7, 11) is 0. The molecule has 17 aromatic rings. The van der Waals surface area contributed by atoms with Crippen LogP contribution in [0.3, 0.4) is 0 Å². The van der Waals surface area contributed by atoms with Crippen molar-refractivity contribution in [3.05, 3.63) is 278 Å². The van der Waals surface area contributed by atoms with Gasteiger partial charge in [-0.3, -0.25) is 0 Å². The van der Waals surface area contributed by atoms with Crippen molar-refractivity contribution in [3.63, 3.8) is 0 Å².